The Morgan fingerprint density at radius 3 is 2.79 bits per heavy atom. The topological polar surface area (TPSA) is 82.5 Å². The van der Waals surface area contributed by atoms with Crippen LogP contribution in [0.4, 0.5) is 10.2 Å². The molecular weight excluding hydrogens is 407 g/mol. The number of hydrogen-bond acceptors (Lipinski definition) is 7. The van der Waals surface area contributed by atoms with Gasteiger partial charge in [0, 0.05) is 6.54 Å². The first kappa shape index (κ1) is 21.2. The largest absolute Gasteiger partial charge is 0.382 e. The minimum absolute atomic E-state index is 0.251. The molecule has 4 aromatic rings. The van der Waals surface area contributed by atoms with Crippen molar-refractivity contribution in [2.24, 2.45) is 0 Å². The van der Waals surface area contributed by atoms with E-state index in [1.54, 1.807) is 12.1 Å². The lowest BCUT2D eigenvalue weighted by Crippen LogP contribution is -2.01. The van der Waals surface area contributed by atoms with E-state index >= 15 is 0 Å². The maximum absolute atomic E-state index is 13.9. The summed E-state index contributed by atoms with van der Waals surface area (Å²) < 4.78 is 17.3. The van der Waals surface area contributed by atoms with Crippen molar-refractivity contribution < 1.29 is 4.39 Å². The molecule has 29 heavy (non-hydrogen) atoms. The SMILES string of the molecule is C=CC.CCCCCn1c(Sc2nc3cccc(F)c3s2)nc2c(N)ncnc21. The van der Waals surface area contributed by atoms with Gasteiger partial charge in [0.1, 0.15) is 12.1 Å². The number of allylic oxidation sites excluding steroid dienone is 1. The van der Waals surface area contributed by atoms with Crippen LogP contribution in [0.1, 0.15) is 33.1 Å². The van der Waals surface area contributed by atoms with Gasteiger partial charge in [-0.2, -0.15) is 0 Å². The van der Waals surface area contributed by atoms with Crippen LogP contribution >= 0.6 is 23.1 Å². The number of nitrogen functional groups attached to an aromatic ring is 1. The summed E-state index contributed by atoms with van der Waals surface area (Å²) in [5.74, 6) is 0.111. The number of imidazole rings is 1. The first-order valence-electron chi connectivity index (χ1n) is 9.35. The highest BCUT2D eigenvalue weighted by molar-refractivity contribution is 8.01. The van der Waals surface area contributed by atoms with Crippen molar-refractivity contribution >= 4 is 50.3 Å². The molecule has 2 N–H and O–H groups in total. The average Bonchev–Trinajstić information content (AvgIpc) is 3.26. The molecule has 152 valence electrons. The summed E-state index contributed by atoms with van der Waals surface area (Å²) in [5, 5.41) is 0.753. The molecule has 0 bridgehead atoms. The van der Waals surface area contributed by atoms with Crippen molar-refractivity contribution in [3.63, 3.8) is 0 Å². The Morgan fingerprint density at radius 2 is 2.07 bits per heavy atom. The van der Waals surface area contributed by atoms with E-state index in [1.165, 1.54) is 35.5 Å². The van der Waals surface area contributed by atoms with Crippen LogP contribution in [0.25, 0.3) is 21.4 Å². The van der Waals surface area contributed by atoms with Gasteiger partial charge < -0.3 is 10.3 Å². The van der Waals surface area contributed by atoms with Crippen LogP contribution < -0.4 is 5.73 Å². The molecule has 0 amide bonds. The quantitative estimate of drug-likeness (QED) is 0.312. The van der Waals surface area contributed by atoms with Crippen LogP contribution in [-0.4, -0.2) is 24.5 Å². The molecule has 0 aliphatic carbocycles. The minimum atomic E-state index is -0.251. The predicted molar refractivity (Wildman–Crippen MR) is 119 cm³/mol. The van der Waals surface area contributed by atoms with E-state index in [4.69, 9.17) is 5.73 Å². The average molecular weight is 431 g/mol. The molecule has 9 heteroatoms. The number of halogens is 1. The van der Waals surface area contributed by atoms with Crippen LogP contribution in [0.5, 0.6) is 0 Å². The van der Waals surface area contributed by atoms with Crippen LogP contribution in [-0.2, 0) is 6.54 Å². The van der Waals surface area contributed by atoms with E-state index in [1.807, 2.05) is 13.0 Å². The number of fused-ring (bicyclic) bond motifs is 2. The van der Waals surface area contributed by atoms with E-state index in [0.717, 1.165) is 41.0 Å². The standard InChI is InChI=1S/C17H17FN6S2.C3H6/c1-2-3-4-8-24-15-12(14(19)20-9-21-15)23-16(24)26-17-22-11-7-5-6-10(18)13(11)25-17;1-3-2/h5-7,9H,2-4,8H2,1H3,(H2,19,20,21);3H,1H2,2H3. The second-order valence-corrected chi connectivity index (χ2v) is 8.48. The van der Waals surface area contributed by atoms with Gasteiger partial charge in [0.2, 0.25) is 0 Å². The van der Waals surface area contributed by atoms with Gasteiger partial charge in [0.25, 0.3) is 0 Å². The van der Waals surface area contributed by atoms with Crippen molar-refractivity contribution in [2.75, 3.05) is 5.73 Å². The Labute approximate surface area is 177 Å². The number of unbranched alkanes of at least 4 members (excludes halogenated alkanes) is 2. The van der Waals surface area contributed by atoms with Gasteiger partial charge in [0.05, 0.1) is 10.2 Å². The summed E-state index contributed by atoms with van der Waals surface area (Å²) in [7, 11) is 0. The monoisotopic (exact) mass is 430 g/mol. The van der Waals surface area contributed by atoms with Crippen LogP contribution in [0.2, 0.25) is 0 Å². The number of nitrogens with zero attached hydrogens (tertiary/aromatic N) is 5. The highest BCUT2D eigenvalue weighted by Crippen LogP contribution is 2.36. The molecule has 0 atom stereocenters. The van der Waals surface area contributed by atoms with E-state index in [0.29, 0.717) is 21.6 Å². The zero-order chi connectivity index (χ0) is 20.8. The minimum Gasteiger partial charge on any atom is -0.382 e. The second kappa shape index (κ2) is 9.80. The Kier molecular flexibility index (Phi) is 7.16. The first-order valence-corrected chi connectivity index (χ1v) is 11.0. The number of hydrogen-bond donors (Lipinski definition) is 1. The molecular formula is C20H23FN6S2. The van der Waals surface area contributed by atoms with Crippen LogP contribution in [0.15, 0.2) is 46.7 Å². The van der Waals surface area contributed by atoms with Crippen molar-refractivity contribution in [3.8, 4) is 0 Å². The molecule has 0 saturated carbocycles. The second-order valence-electron chi connectivity index (χ2n) is 6.26. The van der Waals surface area contributed by atoms with E-state index in [-0.39, 0.29) is 5.82 Å². The molecule has 3 aromatic heterocycles. The third kappa shape index (κ3) is 4.73. The molecule has 0 aliphatic heterocycles. The molecule has 0 radical (unpaired) electrons. The molecule has 0 aliphatic rings. The fourth-order valence-corrected chi connectivity index (χ4v) is 4.82. The molecule has 3 heterocycles. The number of anilines is 1. The molecule has 0 spiro atoms. The van der Waals surface area contributed by atoms with E-state index in [9.17, 15) is 4.39 Å². The summed E-state index contributed by atoms with van der Waals surface area (Å²) >= 11 is 2.74. The summed E-state index contributed by atoms with van der Waals surface area (Å²) in [5.41, 5.74) is 7.95. The van der Waals surface area contributed by atoms with E-state index < -0.39 is 0 Å². The maximum atomic E-state index is 13.9. The lowest BCUT2D eigenvalue weighted by molar-refractivity contribution is 0.575. The number of aromatic nitrogens is 5. The van der Waals surface area contributed by atoms with Gasteiger partial charge in [0.15, 0.2) is 26.5 Å². The number of benzene rings is 1. The van der Waals surface area contributed by atoms with Gasteiger partial charge >= 0.3 is 0 Å². The highest BCUT2D eigenvalue weighted by Gasteiger charge is 2.18. The number of rotatable bonds is 6. The normalized spacial score (nSPS) is 10.9. The number of nitrogens with two attached hydrogens (primary N) is 1. The summed E-state index contributed by atoms with van der Waals surface area (Å²) in [6.45, 7) is 8.21. The van der Waals surface area contributed by atoms with Crippen LogP contribution in [0.3, 0.4) is 0 Å². The van der Waals surface area contributed by atoms with Gasteiger partial charge in [-0.05, 0) is 37.2 Å². The Hall–Kier alpha value is -2.52. The van der Waals surface area contributed by atoms with Gasteiger partial charge in [-0.3, -0.25) is 0 Å². The number of thiazole rings is 1. The molecule has 1 aromatic carbocycles. The zero-order valence-electron chi connectivity index (χ0n) is 16.4. The molecule has 0 unspecified atom stereocenters. The zero-order valence-corrected chi connectivity index (χ0v) is 18.1. The third-order valence-electron chi connectivity index (χ3n) is 4.04. The fraction of sp³-hybridized carbons (Fsp3) is 0.300. The van der Waals surface area contributed by atoms with Gasteiger partial charge in [-0.1, -0.05) is 31.9 Å². The lowest BCUT2D eigenvalue weighted by atomic mass is 10.2. The predicted octanol–water partition coefficient (Wildman–Crippen LogP) is 5.69. The highest BCUT2D eigenvalue weighted by atomic mass is 32.2. The summed E-state index contributed by atoms with van der Waals surface area (Å²) in [4.78, 5) is 17.5. The van der Waals surface area contributed by atoms with Crippen molar-refractivity contribution in [1.29, 1.82) is 0 Å². The molecule has 0 saturated heterocycles. The Bertz CT molecular complexity index is 1120. The molecule has 0 fully saturated rings. The summed E-state index contributed by atoms with van der Waals surface area (Å²) in [6, 6.07) is 4.93. The fourth-order valence-electron chi connectivity index (χ4n) is 2.75. The number of aryl methyl sites for hydroxylation is 1. The third-order valence-corrected chi connectivity index (χ3v) is 6.17. The van der Waals surface area contributed by atoms with Crippen molar-refractivity contribution in [3.05, 3.63) is 43.0 Å². The smallest absolute Gasteiger partial charge is 0.177 e. The molecule has 6 nitrogen and oxygen atoms in total. The van der Waals surface area contributed by atoms with Crippen molar-refractivity contribution in [1.82, 2.24) is 24.5 Å². The summed E-state index contributed by atoms with van der Waals surface area (Å²) in [6.07, 6.45) is 6.48. The maximum Gasteiger partial charge on any atom is 0.177 e. The van der Waals surface area contributed by atoms with E-state index in [2.05, 4.69) is 38.0 Å². The molecule has 4 rings (SSSR count). The van der Waals surface area contributed by atoms with Gasteiger partial charge in [-0.25, -0.2) is 24.3 Å². The lowest BCUT2D eigenvalue weighted by Gasteiger charge is -2.06. The van der Waals surface area contributed by atoms with Gasteiger partial charge in [-0.15, -0.1) is 17.9 Å². The first-order chi connectivity index (χ1) is 14.1. The van der Waals surface area contributed by atoms with Crippen LogP contribution in [0, 0.1) is 5.82 Å². The van der Waals surface area contributed by atoms with Crippen molar-refractivity contribution in [2.45, 2.75) is 49.2 Å². The Balaban J connectivity index is 0.000000755. The Morgan fingerprint density at radius 1 is 1.28 bits per heavy atom.